The quantitative estimate of drug-likeness (QED) is 0.457. The summed E-state index contributed by atoms with van der Waals surface area (Å²) in [5, 5.41) is 22.5. The van der Waals surface area contributed by atoms with Gasteiger partial charge >= 0.3 is 11.8 Å². The van der Waals surface area contributed by atoms with Crippen LogP contribution < -0.4 is 11.0 Å². The van der Waals surface area contributed by atoms with Crippen LogP contribution in [0.15, 0.2) is 77.7 Å². The maximum absolute atomic E-state index is 12.7. The molecule has 4 atom stereocenters. The lowest BCUT2D eigenvalue weighted by Crippen LogP contribution is -2.38. The third-order valence-corrected chi connectivity index (χ3v) is 5.33. The predicted octanol–water partition coefficient (Wildman–Crippen LogP) is 1.83. The van der Waals surface area contributed by atoms with Crippen LogP contribution in [0.1, 0.15) is 17.4 Å². The number of carbonyl (C=O) groups excluding carboxylic acids is 1. The van der Waals surface area contributed by atoms with Crippen molar-refractivity contribution >= 4 is 11.9 Å². The monoisotopic (exact) mass is 467 g/mol. The Morgan fingerprint density at radius 1 is 1.03 bits per heavy atom. The van der Waals surface area contributed by atoms with E-state index in [-0.39, 0.29) is 19.0 Å². The average molecular weight is 467 g/mol. The van der Waals surface area contributed by atoms with Gasteiger partial charge in [-0.3, -0.25) is 9.88 Å². The Morgan fingerprint density at radius 2 is 1.68 bits per heavy atom. The van der Waals surface area contributed by atoms with E-state index in [2.05, 4.69) is 10.3 Å². The summed E-state index contributed by atoms with van der Waals surface area (Å²) in [4.78, 5) is 28.6. The molecule has 178 valence electrons. The molecular formula is C24H25N3O7. The van der Waals surface area contributed by atoms with Gasteiger partial charge in [-0.25, -0.2) is 9.59 Å². The summed E-state index contributed by atoms with van der Waals surface area (Å²) >= 11 is 0. The third-order valence-electron chi connectivity index (χ3n) is 5.33. The van der Waals surface area contributed by atoms with Crippen LogP contribution >= 0.6 is 0 Å². The van der Waals surface area contributed by atoms with Gasteiger partial charge in [0, 0.05) is 6.20 Å². The highest BCUT2D eigenvalue weighted by Crippen LogP contribution is 2.31. The van der Waals surface area contributed by atoms with Gasteiger partial charge in [-0.05, 0) is 17.2 Å². The van der Waals surface area contributed by atoms with Gasteiger partial charge in [-0.2, -0.15) is 4.98 Å². The Balaban J connectivity index is 1.43. The summed E-state index contributed by atoms with van der Waals surface area (Å²) < 4.78 is 17.8. The first-order valence-corrected chi connectivity index (χ1v) is 10.7. The van der Waals surface area contributed by atoms with Gasteiger partial charge in [0.05, 0.1) is 13.2 Å². The van der Waals surface area contributed by atoms with Crippen LogP contribution in [0.4, 0.5) is 10.6 Å². The maximum Gasteiger partial charge on any atom is 0.413 e. The molecule has 0 unspecified atom stereocenters. The van der Waals surface area contributed by atoms with E-state index in [9.17, 15) is 19.8 Å². The van der Waals surface area contributed by atoms with Gasteiger partial charge in [0.2, 0.25) is 0 Å². The van der Waals surface area contributed by atoms with Crippen molar-refractivity contribution in [3.8, 4) is 0 Å². The van der Waals surface area contributed by atoms with Gasteiger partial charge in [0.15, 0.2) is 6.23 Å². The van der Waals surface area contributed by atoms with E-state index in [0.717, 1.165) is 15.7 Å². The third kappa shape index (κ3) is 5.67. The number of aliphatic hydroxyl groups excluding tert-OH is 2. The van der Waals surface area contributed by atoms with Gasteiger partial charge in [0.25, 0.3) is 0 Å². The minimum atomic E-state index is -1.16. The van der Waals surface area contributed by atoms with E-state index in [1.807, 2.05) is 60.7 Å². The molecule has 3 N–H and O–H groups in total. The molecule has 34 heavy (non-hydrogen) atoms. The number of amides is 1. The molecule has 2 aromatic carbocycles. The first-order chi connectivity index (χ1) is 16.5. The molecule has 0 radical (unpaired) electrons. The molecule has 3 aromatic rings. The topological polar surface area (TPSA) is 132 Å². The lowest BCUT2D eigenvalue weighted by molar-refractivity contribution is -0.0796. The summed E-state index contributed by atoms with van der Waals surface area (Å²) in [6.45, 7) is -0.200. The number of aromatic nitrogens is 2. The van der Waals surface area contributed by atoms with Crippen LogP contribution in [0.5, 0.6) is 0 Å². The van der Waals surface area contributed by atoms with Crippen molar-refractivity contribution in [3.63, 3.8) is 0 Å². The van der Waals surface area contributed by atoms with E-state index in [4.69, 9.17) is 14.2 Å². The summed E-state index contributed by atoms with van der Waals surface area (Å²) in [7, 11) is 0. The molecule has 1 fully saturated rings. The van der Waals surface area contributed by atoms with Crippen molar-refractivity contribution in [1.29, 1.82) is 0 Å². The van der Waals surface area contributed by atoms with Crippen molar-refractivity contribution in [3.05, 3.63) is 94.5 Å². The van der Waals surface area contributed by atoms with Crippen molar-refractivity contribution < 1.29 is 29.2 Å². The van der Waals surface area contributed by atoms with E-state index >= 15 is 0 Å². The Kier molecular flexibility index (Phi) is 7.65. The normalized spacial score (nSPS) is 21.8. The van der Waals surface area contributed by atoms with Crippen molar-refractivity contribution in [2.24, 2.45) is 0 Å². The van der Waals surface area contributed by atoms with Crippen LogP contribution in [-0.2, 0) is 27.4 Å². The SMILES string of the molecule is O=C(Nc1ccn([C@@H]2O[C@H](CO)[C@@H](O)[C@H]2OCc2ccccc2)c(=O)n1)OCc1ccccc1. The second kappa shape index (κ2) is 11.0. The second-order valence-corrected chi connectivity index (χ2v) is 7.69. The molecule has 0 spiro atoms. The number of nitrogens with one attached hydrogen (secondary N) is 1. The molecule has 1 aromatic heterocycles. The second-order valence-electron chi connectivity index (χ2n) is 7.69. The number of nitrogens with zero attached hydrogens (tertiary/aromatic N) is 2. The minimum Gasteiger partial charge on any atom is -0.444 e. The molecule has 0 bridgehead atoms. The van der Waals surface area contributed by atoms with E-state index in [1.165, 1.54) is 12.3 Å². The predicted molar refractivity (Wildman–Crippen MR) is 121 cm³/mol. The number of rotatable bonds is 8. The number of carbonyl (C=O) groups is 1. The summed E-state index contributed by atoms with van der Waals surface area (Å²) in [6.07, 6.45) is -3.41. The maximum atomic E-state index is 12.7. The van der Waals surface area contributed by atoms with Gasteiger partial charge in [-0.15, -0.1) is 0 Å². The number of anilines is 1. The van der Waals surface area contributed by atoms with Crippen LogP contribution in [0.25, 0.3) is 0 Å². The average Bonchev–Trinajstić information content (AvgIpc) is 3.17. The zero-order valence-electron chi connectivity index (χ0n) is 18.2. The molecular weight excluding hydrogens is 442 g/mol. The van der Waals surface area contributed by atoms with Gasteiger partial charge < -0.3 is 24.4 Å². The van der Waals surface area contributed by atoms with Crippen LogP contribution in [-0.4, -0.2) is 50.8 Å². The number of hydrogen-bond donors (Lipinski definition) is 3. The fraction of sp³-hybridized carbons (Fsp3) is 0.292. The molecule has 10 heteroatoms. The standard InChI is InChI=1S/C24H25N3O7/c28-13-18-20(29)21(32-14-16-7-3-1-4-8-16)22(34-18)27-12-11-19(25-23(27)30)26-24(31)33-15-17-9-5-2-6-10-17/h1-12,18,20-22,28-29H,13-15H2,(H,25,26,30,31)/t18-,20-,21-,22-/m1/s1. The molecule has 4 rings (SSSR count). The van der Waals surface area contributed by atoms with Crippen molar-refractivity contribution in [2.75, 3.05) is 11.9 Å². The van der Waals surface area contributed by atoms with Crippen LogP contribution in [0, 0.1) is 0 Å². The molecule has 1 saturated heterocycles. The van der Waals surface area contributed by atoms with E-state index in [1.54, 1.807) is 0 Å². The molecule has 0 saturated carbocycles. The fourth-order valence-electron chi connectivity index (χ4n) is 3.58. The van der Waals surface area contributed by atoms with E-state index < -0.39 is 42.9 Å². The highest BCUT2D eigenvalue weighted by molar-refractivity contribution is 5.83. The van der Waals surface area contributed by atoms with Gasteiger partial charge in [-0.1, -0.05) is 60.7 Å². The Morgan fingerprint density at radius 3 is 2.29 bits per heavy atom. The lowest BCUT2D eigenvalue weighted by atomic mass is 10.1. The largest absolute Gasteiger partial charge is 0.444 e. The molecule has 2 heterocycles. The first kappa shape index (κ1) is 23.6. The molecule has 1 aliphatic rings. The summed E-state index contributed by atoms with van der Waals surface area (Å²) in [5.74, 6) is -0.00156. The Labute approximate surface area is 195 Å². The first-order valence-electron chi connectivity index (χ1n) is 10.7. The van der Waals surface area contributed by atoms with E-state index in [0.29, 0.717) is 0 Å². The Hall–Kier alpha value is -3.57. The zero-order valence-corrected chi connectivity index (χ0v) is 18.2. The zero-order chi connectivity index (χ0) is 23.9. The Bertz CT molecular complexity index is 1140. The number of benzene rings is 2. The van der Waals surface area contributed by atoms with Crippen LogP contribution in [0.2, 0.25) is 0 Å². The minimum absolute atomic E-state index is 0.00156. The molecule has 1 amide bonds. The fourth-order valence-corrected chi connectivity index (χ4v) is 3.58. The van der Waals surface area contributed by atoms with Crippen molar-refractivity contribution in [1.82, 2.24) is 9.55 Å². The summed E-state index contributed by atoms with van der Waals surface area (Å²) in [5.41, 5.74) is 0.961. The van der Waals surface area contributed by atoms with Gasteiger partial charge in [0.1, 0.15) is 30.7 Å². The van der Waals surface area contributed by atoms with Crippen molar-refractivity contribution in [2.45, 2.75) is 37.8 Å². The molecule has 0 aliphatic carbocycles. The lowest BCUT2D eigenvalue weighted by Gasteiger charge is -2.22. The highest BCUT2D eigenvalue weighted by Gasteiger charge is 2.45. The highest BCUT2D eigenvalue weighted by atomic mass is 16.6. The number of aliphatic hydroxyl groups is 2. The van der Waals surface area contributed by atoms with Crippen LogP contribution in [0.3, 0.4) is 0 Å². The molecule has 1 aliphatic heterocycles. The smallest absolute Gasteiger partial charge is 0.413 e. The number of ether oxygens (including phenoxy) is 3. The summed E-state index contributed by atoms with van der Waals surface area (Å²) in [6, 6.07) is 19.9. The number of hydrogen-bond acceptors (Lipinski definition) is 8. The molecule has 10 nitrogen and oxygen atoms in total.